The first-order chi connectivity index (χ1) is 4.43. The van der Waals surface area contributed by atoms with Crippen molar-refractivity contribution in [2.24, 2.45) is 5.34 Å². The minimum absolute atomic E-state index is 0. The first kappa shape index (κ1) is 9.56. The third kappa shape index (κ3) is 2.91. The molecule has 0 aliphatic rings. The molecule has 0 radical (unpaired) electrons. The second kappa shape index (κ2) is 5.35. The fourth-order valence-corrected chi connectivity index (χ4v) is 0.524. The average Bonchev–Trinajstić information content (AvgIpc) is 1.91. The number of hydrogen-bond donors (Lipinski definition) is 0. The van der Waals surface area contributed by atoms with Crippen molar-refractivity contribution in [3.05, 3.63) is 35.2 Å². The maximum absolute atomic E-state index is 9.50. The molecule has 0 aliphatic carbocycles. The standard InChI is InChI=1S/C6H5NO2.Hg/c8-7-9-6-4-2-1-3-5-6;/h1-5H;. The fourth-order valence-electron chi connectivity index (χ4n) is 0.524. The first-order valence-electron chi connectivity index (χ1n) is 2.48. The van der Waals surface area contributed by atoms with Gasteiger partial charge in [0, 0.05) is 27.7 Å². The monoisotopic (exact) mass is 325 g/mol. The van der Waals surface area contributed by atoms with Crippen LogP contribution in [0.25, 0.3) is 0 Å². The molecule has 1 rings (SSSR count). The van der Waals surface area contributed by atoms with Gasteiger partial charge in [0.25, 0.3) is 0 Å². The molecule has 0 saturated heterocycles. The normalized spacial score (nSPS) is 7.60. The van der Waals surface area contributed by atoms with Gasteiger partial charge in [0.15, 0.2) is 11.1 Å². The molecule has 0 N–H and O–H groups in total. The van der Waals surface area contributed by atoms with Gasteiger partial charge in [0.1, 0.15) is 0 Å². The number of hydrogen-bond acceptors (Lipinski definition) is 3. The summed E-state index contributed by atoms with van der Waals surface area (Å²) < 4.78 is 0. The Hall–Kier alpha value is -0.445. The third-order valence-electron chi connectivity index (χ3n) is 0.886. The molecular weight excluding hydrogens is 319 g/mol. The molecule has 0 fully saturated rings. The summed E-state index contributed by atoms with van der Waals surface area (Å²) in [6.45, 7) is 0. The quantitative estimate of drug-likeness (QED) is 0.472. The Bertz CT molecular complexity index is 190. The molecule has 3 nitrogen and oxygen atoms in total. The van der Waals surface area contributed by atoms with E-state index < -0.39 is 0 Å². The summed E-state index contributed by atoms with van der Waals surface area (Å²) in [6, 6.07) is 8.67. The van der Waals surface area contributed by atoms with Gasteiger partial charge in [-0.1, -0.05) is 18.2 Å². The van der Waals surface area contributed by atoms with Crippen LogP contribution >= 0.6 is 0 Å². The predicted molar refractivity (Wildman–Crippen MR) is 32.9 cm³/mol. The average molecular weight is 324 g/mol. The Kier molecular flexibility index (Phi) is 5.11. The molecule has 0 amide bonds. The van der Waals surface area contributed by atoms with E-state index in [2.05, 4.69) is 10.2 Å². The van der Waals surface area contributed by atoms with E-state index in [0.29, 0.717) is 5.75 Å². The van der Waals surface area contributed by atoms with E-state index in [1.165, 1.54) is 0 Å². The summed E-state index contributed by atoms with van der Waals surface area (Å²) >= 11 is 0. The van der Waals surface area contributed by atoms with Crippen LogP contribution in [0.5, 0.6) is 5.75 Å². The van der Waals surface area contributed by atoms with Crippen LogP contribution in [0.4, 0.5) is 0 Å². The number of nitrogens with zero attached hydrogens (tertiary/aromatic N) is 1. The van der Waals surface area contributed by atoms with Crippen LogP contribution in [0.3, 0.4) is 0 Å². The van der Waals surface area contributed by atoms with Gasteiger partial charge in [-0.25, -0.2) is 0 Å². The minimum atomic E-state index is 0. The van der Waals surface area contributed by atoms with E-state index in [1.54, 1.807) is 24.3 Å². The van der Waals surface area contributed by atoms with Gasteiger partial charge in [0.05, 0.1) is 0 Å². The topological polar surface area (TPSA) is 38.7 Å². The van der Waals surface area contributed by atoms with Gasteiger partial charge in [-0.2, -0.15) is 0 Å². The molecule has 4 heteroatoms. The Morgan fingerprint density at radius 2 is 1.80 bits per heavy atom. The second-order valence-corrected chi connectivity index (χ2v) is 1.48. The van der Waals surface area contributed by atoms with Crippen molar-refractivity contribution in [2.45, 2.75) is 0 Å². The van der Waals surface area contributed by atoms with Crippen molar-refractivity contribution in [2.75, 3.05) is 0 Å². The van der Waals surface area contributed by atoms with Crippen LogP contribution in [0.15, 0.2) is 35.7 Å². The summed E-state index contributed by atoms with van der Waals surface area (Å²) in [5, 5.41) is 2.26. The fraction of sp³-hybridized carbons (Fsp3) is 0. The van der Waals surface area contributed by atoms with Gasteiger partial charge in [-0.3, -0.25) is 0 Å². The van der Waals surface area contributed by atoms with Crippen LogP contribution in [0, 0.1) is 4.91 Å². The molecule has 0 saturated carbocycles. The maximum Gasteiger partial charge on any atom is 0.161 e. The van der Waals surface area contributed by atoms with Crippen molar-refractivity contribution in [1.82, 2.24) is 0 Å². The van der Waals surface area contributed by atoms with E-state index in [9.17, 15) is 4.91 Å². The van der Waals surface area contributed by atoms with Crippen molar-refractivity contribution in [1.29, 1.82) is 0 Å². The summed E-state index contributed by atoms with van der Waals surface area (Å²) in [5.74, 6) is 0.465. The SMILES string of the molecule is O=NOc1ccccc1.[Hg]. The summed E-state index contributed by atoms with van der Waals surface area (Å²) in [7, 11) is 0. The van der Waals surface area contributed by atoms with E-state index in [4.69, 9.17) is 0 Å². The molecule has 0 heterocycles. The molecule has 1 aromatic carbocycles. The van der Waals surface area contributed by atoms with Gasteiger partial charge in [0.2, 0.25) is 0 Å². The zero-order chi connectivity index (χ0) is 6.53. The zero-order valence-electron chi connectivity index (χ0n) is 5.36. The summed E-state index contributed by atoms with van der Waals surface area (Å²) in [6.07, 6.45) is 0. The summed E-state index contributed by atoms with van der Waals surface area (Å²) in [5.41, 5.74) is 0. The molecule has 0 aromatic heterocycles. The van der Waals surface area contributed by atoms with Crippen molar-refractivity contribution >= 4 is 0 Å². The van der Waals surface area contributed by atoms with E-state index >= 15 is 0 Å². The third-order valence-corrected chi connectivity index (χ3v) is 0.886. The number of para-hydroxylation sites is 1. The maximum atomic E-state index is 9.50. The van der Waals surface area contributed by atoms with Crippen LogP contribution in [0.1, 0.15) is 0 Å². The Balaban J connectivity index is 0.000000810. The molecule has 0 atom stereocenters. The smallest absolute Gasteiger partial charge is 0.161 e. The first-order valence-corrected chi connectivity index (χ1v) is 2.48. The number of benzene rings is 1. The van der Waals surface area contributed by atoms with Gasteiger partial charge in [-0.05, 0) is 12.1 Å². The molecule has 0 bridgehead atoms. The van der Waals surface area contributed by atoms with Crippen LogP contribution in [0.2, 0.25) is 0 Å². The Morgan fingerprint density at radius 3 is 2.30 bits per heavy atom. The Labute approximate surface area is 78.8 Å². The predicted octanol–water partition coefficient (Wildman–Crippen LogP) is 1.74. The zero-order valence-corrected chi connectivity index (χ0v) is 10.9. The van der Waals surface area contributed by atoms with E-state index in [1.807, 2.05) is 6.07 Å². The Morgan fingerprint density at radius 1 is 1.20 bits per heavy atom. The largest absolute Gasteiger partial charge is 0.324 e. The number of rotatable bonds is 2. The van der Waals surface area contributed by atoms with Crippen LogP contribution < -0.4 is 4.84 Å². The van der Waals surface area contributed by atoms with Gasteiger partial charge >= 0.3 is 0 Å². The van der Waals surface area contributed by atoms with Gasteiger partial charge in [-0.15, -0.1) is 4.91 Å². The molecule has 0 unspecified atom stereocenters. The molecule has 10 heavy (non-hydrogen) atoms. The van der Waals surface area contributed by atoms with Crippen molar-refractivity contribution < 1.29 is 32.5 Å². The molecular formula is C6H5HgNO2. The van der Waals surface area contributed by atoms with E-state index in [0.717, 1.165) is 0 Å². The molecule has 48 valence electrons. The minimum Gasteiger partial charge on any atom is -0.324 e. The van der Waals surface area contributed by atoms with Crippen molar-refractivity contribution in [3.8, 4) is 5.75 Å². The van der Waals surface area contributed by atoms with Crippen LogP contribution in [-0.4, -0.2) is 0 Å². The summed E-state index contributed by atoms with van der Waals surface area (Å²) in [4.78, 5) is 13.8. The molecule has 1 aromatic rings. The van der Waals surface area contributed by atoms with Crippen LogP contribution in [-0.2, 0) is 27.7 Å². The second-order valence-electron chi connectivity index (χ2n) is 1.48. The molecule has 0 aliphatic heterocycles. The van der Waals surface area contributed by atoms with Gasteiger partial charge < -0.3 is 4.84 Å². The van der Waals surface area contributed by atoms with E-state index in [-0.39, 0.29) is 27.7 Å². The van der Waals surface area contributed by atoms with Crippen molar-refractivity contribution in [3.63, 3.8) is 0 Å². The molecule has 0 spiro atoms.